The van der Waals surface area contributed by atoms with Crippen molar-refractivity contribution in [2.45, 2.75) is 72.6 Å². The summed E-state index contributed by atoms with van der Waals surface area (Å²) < 4.78 is 19.7. The van der Waals surface area contributed by atoms with Gasteiger partial charge in [0.05, 0.1) is 28.9 Å². The van der Waals surface area contributed by atoms with E-state index < -0.39 is 25.7 Å². The van der Waals surface area contributed by atoms with Crippen LogP contribution in [0.5, 0.6) is 0 Å². The van der Waals surface area contributed by atoms with Crippen LogP contribution in [0.4, 0.5) is 4.79 Å². The fourth-order valence-electron chi connectivity index (χ4n) is 3.90. The summed E-state index contributed by atoms with van der Waals surface area (Å²) >= 11 is 0. The molecule has 0 N–H and O–H groups in total. The second kappa shape index (κ2) is 11.1. The van der Waals surface area contributed by atoms with Crippen molar-refractivity contribution in [1.82, 2.24) is 9.13 Å². The standard InChI is InChI=1S/C28H38N2O6Si/c1-9-35-26(32)21-17-22(25(31)29(19(21)2)18-34-14-15-37(6,7)8)24-16-20-12-10-11-13-23(20)30(24)27(33)36-28(3,4)5/h10-13,16-17H,9,14-15,18H2,1-8H3. The van der Waals surface area contributed by atoms with Gasteiger partial charge in [0.25, 0.3) is 5.56 Å². The van der Waals surface area contributed by atoms with E-state index in [0.717, 1.165) is 11.4 Å². The molecule has 0 aliphatic carbocycles. The van der Waals surface area contributed by atoms with Crippen molar-refractivity contribution in [3.63, 3.8) is 0 Å². The van der Waals surface area contributed by atoms with Crippen molar-refractivity contribution >= 4 is 31.0 Å². The molecule has 2 heterocycles. The van der Waals surface area contributed by atoms with Crippen LogP contribution in [-0.2, 0) is 20.9 Å². The highest BCUT2D eigenvalue weighted by Gasteiger charge is 2.26. The highest BCUT2D eigenvalue weighted by molar-refractivity contribution is 6.76. The van der Waals surface area contributed by atoms with Gasteiger partial charge in [0.15, 0.2) is 0 Å². The molecule has 0 unspecified atom stereocenters. The van der Waals surface area contributed by atoms with Crippen LogP contribution in [0.2, 0.25) is 25.7 Å². The van der Waals surface area contributed by atoms with E-state index in [1.54, 1.807) is 46.8 Å². The maximum Gasteiger partial charge on any atom is 0.419 e. The van der Waals surface area contributed by atoms with Gasteiger partial charge >= 0.3 is 12.1 Å². The fraction of sp³-hybridized carbons (Fsp3) is 0.464. The lowest BCUT2D eigenvalue weighted by Crippen LogP contribution is -2.31. The molecule has 0 fully saturated rings. The van der Waals surface area contributed by atoms with Gasteiger partial charge in [0.2, 0.25) is 0 Å². The summed E-state index contributed by atoms with van der Waals surface area (Å²) in [4.78, 5) is 40.0. The number of hydrogen-bond donors (Lipinski definition) is 0. The van der Waals surface area contributed by atoms with Gasteiger partial charge in [-0.3, -0.25) is 9.36 Å². The Morgan fingerprint density at radius 1 is 1.05 bits per heavy atom. The first-order valence-electron chi connectivity index (χ1n) is 12.6. The first kappa shape index (κ1) is 28.4. The number of carbonyl (C=O) groups is 2. The number of hydrogen-bond acceptors (Lipinski definition) is 6. The molecule has 0 bridgehead atoms. The first-order chi connectivity index (χ1) is 17.2. The van der Waals surface area contributed by atoms with Gasteiger partial charge in [-0.1, -0.05) is 37.8 Å². The summed E-state index contributed by atoms with van der Waals surface area (Å²) in [5, 5.41) is 0.763. The molecule has 0 spiro atoms. The number of esters is 1. The number of rotatable bonds is 8. The van der Waals surface area contributed by atoms with Crippen LogP contribution in [0.3, 0.4) is 0 Å². The topological polar surface area (TPSA) is 88.8 Å². The zero-order chi connectivity index (χ0) is 27.5. The van der Waals surface area contributed by atoms with Crippen molar-refractivity contribution in [2.24, 2.45) is 0 Å². The summed E-state index contributed by atoms with van der Waals surface area (Å²) in [5.41, 5.74) is 0.694. The van der Waals surface area contributed by atoms with E-state index in [1.165, 1.54) is 15.2 Å². The Balaban J connectivity index is 2.22. The minimum Gasteiger partial charge on any atom is -0.462 e. The molecule has 37 heavy (non-hydrogen) atoms. The number of pyridine rings is 1. The molecular weight excluding hydrogens is 488 g/mol. The maximum absolute atomic E-state index is 13.8. The molecule has 1 aromatic carbocycles. The third-order valence-electron chi connectivity index (χ3n) is 5.83. The van der Waals surface area contributed by atoms with E-state index in [1.807, 2.05) is 18.2 Å². The van der Waals surface area contributed by atoms with Crippen LogP contribution >= 0.6 is 0 Å². The van der Waals surface area contributed by atoms with Gasteiger partial charge in [-0.05, 0) is 58.9 Å². The number of nitrogens with zero attached hydrogens (tertiary/aromatic N) is 2. The summed E-state index contributed by atoms with van der Waals surface area (Å²) in [6.07, 6.45) is -0.612. The Labute approximate surface area is 219 Å². The molecule has 0 aliphatic rings. The molecule has 0 saturated carbocycles. The average Bonchev–Trinajstić information content (AvgIpc) is 3.16. The van der Waals surface area contributed by atoms with Crippen molar-refractivity contribution < 1.29 is 23.8 Å². The second-order valence-corrected chi connectivity index (χ2v) is 16.9. The number of fused-ring (bicyclic) bond motifs is 1. The molecule has 8 nitrogen and oxygen atoms in total. The van der Waals surface area contributed by atoms with Gasteiger partial charge in [0.1, 0.15) is 12.3 Å². The normalized spacial score (nSPS) is 12.1. The van der Waals surface area contributed by atoms with Crippen LogP contribution in [0.1, 0.15) is 43.7 Å². The molecule has 200 valence electrons. The Morgan fingerprint density at radius 3 is 2.35 bits per heavy atom. The molecular formula is C28H38N2O6Si. The third-order valence-corrected chi connectivity index (χ3v) is 7.54. The Hall–Kier alpha value is -3.17. The summed E-state index contributed by atoms with van der Waals surface area (Å²) in [6.45, 7) is 16.2. The molecule has 9 heteroatoms. The Bertz CT molecular complexity index is 1360. The predicted octanol–water partition coefficient (Wildman–Crippen LogP) is 6.05. The van der Waals surface area contributed by atoms with E-state index in [-0.39, 0.29) is 30.0 Å². The lowest BCUT2D eigenvalue weighted by atomic mass is 10.1. The largest absolute Gasteiger partial charge is 0.462 e. The van der Waals surface area contributed by atoms with Gasteiger partial charge in [-0.2, -0.15) is 0 Å². The second-order valence-electron chi connectivity index (χ2n) is 11.3. The van der Waals surface area contributed by atoms with Crippen LogP contribution in [0, 0.1) is 6.92 Å². The molecule has 3 aromatic rings. The van der Waals surface area contributed by atoms with Gasteiger partial charge < -0.3 is 14.2 Å². The lowest BCUT2D eigenvalue weighted by molar-refractivity contribution is 0.0517. The summed E-state index contributed by atoms with van der Waals surface area (Å²) in [6, 6.07) is 11.5. The first-order valence-corrected chi connectivity index (χ1v) is 16.3. The molecule has 0 saturated heterocycles. The fourth-order valence-corrected chi connectivity index (χ4v) is 4.66. The Kier molecular flexibility index (Phi) is 8.49. The van der Waals surface area contributed by atoms with Crippen LogP contribution < -0.4 is 5.56 Å². The van der Waals surface area contributed by atoms with E-state index in [0.29, 0.717) is 23.5 Å². The predicted molar refractivity (Wildman–Crippen MR) is 148 cm³/mol. The van der Waals surface area contributed by atoms with Crippen LogP contribution in [0.15, 0.2) is 41.2 Å². The van der Waals surface area contributed by atoms with Crippen LogP contribution in [0.25, 0.3) is 22.2 Å². The smallest absolute Gasteiger partial charge is 0.419 e. The number of benzene rings is 1. The Morgan fingerprint density at radius 2 is 1.73 bits per heavy atom. The molecule has 0 radical (unpaired) electrons. The molecule has 0 aliphatic heterocycles. The minimum atomic E-state index is -1.33. The number of aromatic nitrogens is 2. The van der Waals surface area contributed by atoms with Crippen molar-refractivity contribution in [3.8, 4) is 11.3 Å². The monoisotopic (exact) mass is 526 g/mol. The average molecular weight is 527 g/mol. The number of carbonyl (C=O) groups excluding carboxylic acids is 2. The molecule has 0 atom stereocenters. The molecule has 3 rings (SSSR count). The van der Waals surface area contributed by atoms with Crippen molar-refractivity contribution in [2.75, 3.05) is 13.2 Å². The van der Waals surface area contributed by atoms with Gasteiger partial charge in [-0.25, -0.2) is 14.2 Å². The third kappa shape index (κ3) is 6.78. The zero-order valence-electron chi connectivity index (χ0n) is 23.1. The number of ether oxygens (including phenoxy) is 3. The number of para-hydroxylation sites is 1. The van der Waals surface area contributed by atoms with Gasteiger partial charge in [-0.15, -0.1) is 0 Å². The molecule has 0 amide bonds. The minimum absolute atomic E-state index is 0.0118. The van der Waals surface area contributed by atoms with Crippen molar-refractivity contribution in [3.05, 3.63) is 58.0 Å². The van der Waals surface area contributed by atoms with E-state index in [9.17, 15) is 14.4 Å². The summed E-state index contributed by atoms with van der Waals surface area (Å²) in [5.74, 6) is -0.544. The quantitative estimate of drug-likeness (QED) is 0.202. The van der Waals surface area contributed by atoms with E-state index in [4.69, 9.17) is 14.2 Å². The molecule has 2 aromatic heterocycles. The SMILES string of the molecule is CCOC(=O)c1cc(-c2cc3ccccc3n2C(=O)OC(C)(C)C)c(=O)n(COCC[Si](C)(C)C)c1C. The van der Waals surface area contributed by atoms with Crippen molar-refractivity contribution in [1.29, 1.82) is 0 Å². The van der Waals surface area contributed by atoms with E-state index >= 15 is 0 Å². The van der Waals surface area contributed by atoms with Crippen LogP contribution in [-0.4, -0.2) is 48.1 Å². The van der Waals surface area contributed by atoms with E-state index in [2.05, 4.69) is 19.6 Å². The summed E-state index contributed by atoms with van der Waals surface area (Å²) in [7, 11) is -1.33. The highest BCUT2D eigenvalue weighted by atomic mass is 28.3. The lowest BCUT2D eigenvalue weighted by Gasteiger charge is -2.21. The zero-order valence-corrected chi connectivity index (χ0v) is 24.1. The maximum atomic E-state index is 13.8. The highest BCUT2D eigenvalue weighted by Crippen LogP contribution is 2.29. The van der Waals surface area contributed by atoms with Gasteiger partial charge in [0, 0.05) is 25.8 Å².